The van der Waals surface area contributed by atoms with E-state index in [2.05, 4.69) is 10.2 Å². The van der Waals surface area contributed by atoms with Crippen molar-refractivity contribution in [3.05, 3.63) is 70.3 Å². The van der Waals surface area contributed by atoms with Gasteiger partial charge in [0, 0.05) is 42.7 Å². The lowest BCUT2D eigenvalue weighted by atomic mass is 10.1. The van der Waals surface area contributed by atoms with Crippen LogP contribution in [0.2, 0.25) is 0 Å². The monoisotopic (exact) mass is 423 g/mol. The van der Waals surface area contributed by atoms with Crippen LogP contribution in [0.1, 0.15) is 31.7 Å². The SMILES string of the molecule is C[C@@H](OC(=O)/C=C/c1cccc([N+](=O)[O-])c1)C(=O)Nc1ccc(N2CCCCC2)cc1. The van der Waals surface area contributed by atoms with Gasteiger partial charge in [0.05, 0.1) is 4.92 Å². The molecule has 3 rings (SSSR count). The Labute approximate surface area is 180 Å². The summed E-state index contributed by atoms with van der Waals surface area (Å²) in [4.78, 5) is 36.9. The fourth-order valence-corrected chi connectivity index (χ4v) is 3.32. The Bertz CT molecular complexity index is 965. The van der Waals surface area contributed by atoms with Gasteiger partial charge >= 0.3 is 5.97 Å². The molecule has 1 atom stereocenters. The van der Waals surface area contributed by atoms with Gasteiger partial charge in [0.1, 0.15) is 0 Å². The first-order chi connectivity index (χ1) is 14.9. The van der Waals surface area contributed by atoms with Crippen LogP contribution in [0.25, 0.3) is 6.08 Å². The standard InChI is InChI=1S/C23H25N3O5/c1-17(31-22(27)13-8-18-6-5-7-21(16-18)26(29)30)23(28)24-19-9-11-20(12-10-19)25-14-3-2-4-15-25/h5-13,16-17H,2-4,14-15H2,1H3,(H,24,28)/b13-8+/t17-/m1/s1. The van der Waals surface area contributed by atoms with Crippen molar-refractivity contribution in [2.75, 3.05) is 23.3 Å². The van der Waals surface area contributed by atoms with E-state index in [0.29, 0.717) is 11.3 Å². The Morgan fingerprint density at radius 1 is 1.13 bits per heavy atom. The molecule has 1 fully saturated rings. The maximum absolute atomic E-state index is 12.3. The van der Waals surface area contributed by atoms with Gasteiger partial charge in [-0.1, -0.05) is 12.1 Å². The Kier molecular flexibility index (Phi) is 7.37. The lowest BCUT2D eigenvalue weighted by molar-refractivity contribution is -0.384. The molecule has 1 aliphatic rings. The molecule has 2 aromatic rings. The molecule has 31 heavy (non-hydrogen) atoms. The van der Waals surface area contributed by atoms with Crippen molar-refractivity contribution in [1.29, 1.82) is 0 Å². The van der Waals surface area contributed by atoms with Crippen LogP contribution in [-0.4, -0.2) is 36.0 Å². The van der Waals surface area contributed by atoms with E-state index in [4.69, 9.17) is 4.74 Å². The maximum atomic E-state index is 12.3. The number of hydrogen-bond donors (Lipinski definition) is 1. The number of carbonyl (C=O) groups is 2. The lowest BCUT2D eigenvalue weighted by Crippen LogP contribution is -2.30. The minimum Gasteiger partial charge on any atom is -0.449 e. The predicted molar refractivity (Wildman–Crippen MR) is 119 cm³/mol. The molecule has 0 unspecified atom stereocenters. The molecule has 1 amide bonds. The van der Waals surface area contributed by atoms with E-state index in [1.165, 1.54) is 50.5 Å². The van der Waals surface area contributed by atoms with Gasteiger partial charge in [-0.3, -0.25) is 14.9 Å². The van der Waals surface area contributed by atoms with E-state index < -0.39 is 22.9 Å². The van der Waals surface area contributed by atoms with Crippen LogP contribution < -0.4 is 10.2 Å². The van der Waals surface area contributed by atoms with Gasteiger partial charge in [0.25, 0.3) is 11.6 Å². The maximum Gasteiger partial charge on any atom is 0.331 e. The average molecular weight is 423 g/mol. The van der Waals surface area contributed by atoms with Crippen molar-refractivity contribution in [3.63, 3.8) is 0 Å². The highest BCUT2D eigenvalue weighted by molar-refractivity contribution is 5.96. The number of hydrogen-bond acceptors (Lipinski definition) is 6. The summed E-state index contributed by atoms with van der Waals surface area (Å²) in [5.74, 6) is -1.16. The van der Waals surface area contributed by atoms with E-state index >= 15 is 0 Å². The highest BCUT2D eigenvalue weighted by atomic mass is 16.6. The van der Waals surface area contributed by atoms with E-state index in [9.17, 15) is 19.7 Å². The number of nitrogens with one attached hydrogen (secondary N) is 1. The molecular formula is C23H25N3O5. The van der Waals surface area contributed by atoms with Gasteiger partial charge in [-0.15, -0.1) is 0 Å². The topological polar surface area (TPSA) is 102 Å². The smallest absolute Gasteiger partial charge is 0.331 e. The van der Waals surface area contributed by atoms with Crippen molar-refractivity contribution in [3.8, 4) is 0 Å². The summed E-state index contributed by atoms with van der Waals surface area (Å²) in [6.45, 7) is 3.57. The third-order valence-electron chi connectivity index (χ3n) is 5.01. The zero-order chi connectivity index (χ0) is 22.2. The number of ether oxygens (including phenoxy) is 1. The molecule has 8 heteroatoms. The van der Waals surface area contributed by atoms with Gasteiger partial charge < -0.3 is 15.0 Å². The number of nitro benzene ring substituents is 1. The Morgan fingerprint density at radius 2 is 1.84 bits per heavy atom. The molecule has 1 heterocycles. The highest BCUT2D eigenvalue weighted by Crippen LogP contribution is 2.22. The zero-order valence-corrected chi connectivity index (χ0v) is 17.3. The molecule has 0 saturated carbocycles. The number of nitro groups is 1. The van der Waals surface area contributed by atoms with E-state index in [0.717, 1.165) is 24.9 Å². The number of rotatable bonds is 7. The fraction of sp³-hybridized carbons (Fsp3) is 0.304. The van der Waals surface area contributed by atoms with E-state index in [1.807, 2.05) is 24.3 Å². The molecule has 0 aliphatic carbocycles. The second-order valence-electron chi connectivity index (χ2n) is 7.35. The molecule has 1 aliphatic heterocycles. The zero-order valence-electron chi connectivity index (χ0n) is 17.3. The first-order valence-corrected chi connectivity index (χ1v) is 10.2. The third kappa shape index (κ3) is 6.40. The number of carbonyl (C=O) groups excluding carboxylic acids is 2. The van der Waals surface area contributed by atoms with Crippen LogP contribution in [0, 0.1) is 10.1 Å². The first kappa shape index (κ1) is 22.0. The van der Waals surface area contributed by atoms with Gasteiger partial charge in [0.15, 0.2) is 6.10 Å². The molecule has 2 aromatic carbocycles. The molecular weight excluding hydrogens is 398 g/mol. The minimum absolute atomic E-state index is 0.0745. The summed E-state index contributed by atoms with van der Waals surface area (Å²) < 4.78 is 5.12. The molecule has 1 N–H and O–H groups in total. The van der Waals surface area contributed by atoms with E-state index in [-0.39, 0.29) is 5.69 Å². The second kappa shape index (κ2) is 10.4. The van der Waals surface area contributed by atoms with Crippen molar-refractivity contribution in [2.24, 2.45) is 0 Å². The number of benzene rings is 2. The summed E-state index contributed by atoms with van der Waals surface area (Å²) >= 11 is 0. The molecule has 1 saturated heterocycles. The number of anilines is 2. The van der Waals surface area contributed by atoms with Crippen molar-refractivity contribution < 1.29 is 19.2 Å². The van der Waals surface area contributed by atoms with Gasteiger partial charge in [-0.25, -0.2) is 4.79 Å². The number of non-ortho nitro benzene ring substituents is 1. The van der Waals surface area contributed by atoms with Crippen molar-refractivity contribution in [2.45, 2.75) is 32.3 Å². The van der Waals surface area contributed by atoms with Gasteiger partial charge in [0.2, 0.25) is 0 Å². The van der Waals surface area contributed by atoms with E-state index in [1.54, 1.807) is 6.07 Å². The molecule has 162 valence electrons. The van der Waals surface area contributed by atoms with Gasteiger partial charge in [-0.2, -0.15) is 0 Å². The summed E-state index contributed by atoms with van der Waals surface area (Å²) in [6, 6.07) is 13.5. The molecule has 0 aromatic heterocycles. The Balaban J connectivity index is 1.51. The third-order valence-corrected chi connectivity index (χ3v) is 5.01. The van der Waals surface area contributed by atoms with Crippen LogP contribution >= 0.6 is 0 Å². The Morgan fingerprint density at radius 3 is 2.52 bits per heavy atom. The Hall–Kier alpha value is -3.68. The largest absolute Gasteiger partial charge is 0.449 e. The molecule has 0 bridgehead atoms. The summed E-state index contributed by atoms with van der Waals surface area (Å²) in [7, 11) is 0. The van der Waals surface area contributed by atoms with Crippen molar-refractivity contribution in [1.82, 2.24) is 0 Å². The van der Waals surface area contributed by atoms with Crippen LogP contribution in [-0.2, 0) is 14.3 Å². The van der Waals surface area contributed by atoms with Crippen LogP contribution in [0.15, 0.2) is 54.6 Å². The van der Waals surface area contributed by atoms with Crippen LogP contribution in [0.5, 0.6) is 0 Å². The quantitative estimate of drug-likeness (QED) is 0.310. The molecule has 8 nitrogen and oxygen atoms in total. The number of nitrogens with zero attached hydrogens (tertiary/aromatic N) is 2. The molecule has 0 spiro atoms. The summed E-state index contributed by atoms with van der Waals surface area (Å²) in [6.07, 6.45) is 5.19. The fourth-order valence-electron chi connectivity index (χ4n) is 3.32. The first-order valence-electron chi connectivity index (χ1n) is 10.2. The normalized spacial score (nSPS) is 14.8. The average Bonchev–Trinajstić information content (AvgIpc) is 2.79. The summed E-state index contributed by atoms with van der Waals surface area (Å²) in [5.41, 5.74) is 2.16. The number of esters is 1. The number of amides is 1. The van der Waals surface area contributed by atoms with Crippen LogP contribution in [0.4, 0.5) is 17.1 Å². The minimum atomic E-state index is -0.996. The highest BCUT2D eigenvalue weighted by Gasteiger charge is 2.17. The summed E-state index contributed by atoms with van der Waals surface area (Å²) in [5, 5.41) is 13.5. The number of piperidine rings is 1. The second-order valence-corrected chi connectivity index (χ2v) is 7.35. The lowest BCUT2D eigenvalue weighted by Gasteiger charge is -2.28. The molecule has 0 radical (unpaired) electrons. The van der Waals surface area contributed by atoms with Gasteiger partial charge in [-0.05, 0) is 62.1 Å². The van der Waals surface area contributed by atoms with Crippen LogP contribution in [0.3, 0.4) is 0 Å². The van der Waals surface area contributed by atoms with Crippen molar-refractivity contribution >= 4 is 35.0 Å². The predicted octanol–water partition coefficient (Wildman–Crippen LogP) is 4.17.